The fourth-order valence-electron chi connectivity index (χ4n) is 3.32. The van der Waals surface area contributed by atoms with Crippen molar-refractivity contribution >= 4 is 44.9 Å². The van der Waals surface area contributed by atoms with E-state index in [9.17, 15) is 8.42 Å². The zero-order valence-electron chi connectivity index (χ0n) is 16.6. The summed E-state index contributed by atoms with van der Waals surface area (Å²) in [5.41, 5.74) is 1.16. The second-order valence-corrected chi connectivity index (χ2v) is 9.84. The van der Waals surface area contributed by atoms with Crippen LogP contribution in [-0.4, -0.2) is 49.1 Å². The first-order chi connectivity index (χ1) is 14.9. The summed E-state index contributed by atoms with van der Waals surface area (Å²) < 4.78 is 27.2. The third-order valence-electron chi connectivity index (χ3n) is 5.06. The van der Waals surface area contributed by atoms with Crippen molar-refractivity contribution in [2.75, 3.05) is 36.4 Å². The Bertz CT molecular complexity index is 1140. The van der Waals surface area contributed by atoms with Gasteiger partial charge in [0.25, 0.3) is 0 Å². The fourth-order valence-corrected chi connectivity index (χ4v) is 5.13. The van der Waals surface area contributed by atoms with Gasteiger partial charge < -0.3 is 10.2 Å². The smallest absolute Gasteiger partial charge is 0.243 e. The third-order valence-corrected chi connectivity index (χ3v) is 7.69. The lowest BCUT2D eigenvalue weighted by atomic mass is 10.2. The Labute approximate surface area is 191 Å². The number of aromatic nitrogens is 2. The van der Waals surface area contributed by atoms with Crippen LogP contribution in [0.5, 0.6) is 0 Å². The molecule has 31 heavy (non-hydrogen) atoms. The molecule has 4 rings (SSSR count). The van der Waals surface area contributed by atoms with Gasteiger partial charge in [-0.3, -0.25) is 0 Å². The van der Waals surface area contributed by atoms with Crippen molar-refractivity contribution in [3.63, 3.8) is 0 Å². The topological polar surface area (TPSA) is 78.4 Å². The van der Waals surface area contributed by atoms with E-state index in [-0.39, 0.29) is 9.92 Å². The molecule has 7 nitrogen and oxygen atoms in total. The van der Waals surface area contributed by atoms with Gasteiger partial charge in [-0.05, 0) is 35.9 Å². The van der Waals surface area contributed by atoms with E-state index >= 15 is 0 Å². The number of rotatable bonds is 6. The molecule has 1 N–H and O–H groups in total. The van der Waals surface area contributed by atoms with Crippen LogP contribution >= 0.6 is 23.2 Å². The highest BCUT2D eigenvalue weighted by Gasteiger charge is 2.29. The number of nitrogens with zero attached hydrogens (tertiary/aromatic N) is 4. The predicted molar refractivity (Wildman–Crippen MR) is 123 cm³/mol. The minimum absolute atomic E-state index is 0.143. The lowest BCUT2D eigenvalue weighted by molar-refractivity contribution is 0.383. The van der Waals surface area contributed by atoms with Gasteiger partial charge in [-0.15, -0.1) is 10.2 Å². The molecule has 0 unspecified atom stereocenters. The molecule has 1 aliphatic rings. The number of halogens is 2. The second-order valence-electron chi connectivity index (χ2n) is 7.08. The van der Waals surface area contributed by atoms with Crippen LogP contribution in [0.4, 0.5) is 11.6 Å². The van der Waals surface area contributed by atoms with Crippen molar-refractivity contribution in [1.29, 1.82) is 0 Å². The summed E-state index contributed by atoms with van der Waals surface area (Å²) in [5.74, 6) is 1.41. The molecule has 162 valence electrons. The van der Waals surface area contributed by atoms with Gasteiger partial charge in [-0.2, -0.15) is 4.31 Å². The van der Waals surface area contributed by atoms with Crippen LogP contribution in [0, 0.1) is 0 Å². The van der Waals surface area contributed by atoms with Gasteiger partial charge in [-0.1, -0.05) is 53.5 Å². The first kappa shape index (κ1) is 21.8. The fraction of sp³-hybridized carbons (Fsp3) is 0.238. The van der Waals surface area contributed by atoms with Gasteiger partial charge in [0.15, 0.2) is 5.82 Å². The highest BCUT2D eigenvalue weighted by Crippen LogP contribution is 2.27. The van der Waals surface area contributed by atoms with Crippen LogP contribution in [0.1, 0.15) is 5.56 Å². The van der Waals surface area contributed by atoms with Crippen molar-refractivity contribution in [3.05, 3.63) is 76.3 Å². The monoisotopic (exact) mass is 477 g/mol. The van der Waals surface area contributed by atoms with E-state index in [0.717, 1.165) is 11.4 Å². The van der Waals surface area contributed by atoms with E-state index in [1.165, 1.54) is 22.5 Å². The van der Waals surface area contributed by atoms with Gasteiger partial charge in [0.2, 0.25) is 10.0 Å². The Balaban J connectivity index is 1.35. The lowest BCUT2D eigenvalue weighted by Crippen LogP contribution is -2.49. The maximum atomic E-state index is 12.9. The molecule has 0 bridgehead atoms. The normalized spacial score (nSPS) is 15.1. The molecule has 1 saturated heterocycles. The second kappa shape index (κ2) is 9.40. The molecule has 1 aliphatic heterocycles. The van der Waals surface area contributed by atoms with Crippen molar-refractivity contribution in [1.82, 2.24) is 14.5 Å². The van der Waals surface area contributed by atoms with Crippen LogP contribution in [0.15, 0.2) is 65.6 Å². The van der Waals surface area contributed by atoms with E-state index in [0.29, 0.717) is 43.6 Å². The maximum Gasteiger partial charge on any atom is 0.243 e. The maximum absolute atomic E-state index is 12.9. The Morgan fingerprint density at radius 1 is 0.871 bits per heavy atom. The van der Waals surface area contributed by atoms with Crippen LogP contribution in [-0.2, 0) is 16.6 Å². The molecular weight excluding hydrogens is 457 g/mol. The van der Waals surface area contributed by atoms with Gasteiger partial charge in [0.05, 0.1) is 14.9 Å². The summed E-state index contributed by atoms with van der Waals surface area (Å²) >= 11 is 11.9. The zero-order chi connectivity index (χ0) is 21.8. The van der Waals surface area contributed by atoms with Crippen molar-refractivity contribution in [3.8, 4) is 0 Å². The number of sulfonamides is 1. The molecule has 0 radical (unpaired) electrons. The average Bonchev–Trinajstić information content (AvgIpc) is 2.80. The lowest BCUT2D eigenvalue weighted by Gasteiger charge is -2.34. The number of hydrogen-bond donors (Lipinski definition) is 1. The minimum atomic E-state index is -3.63. The summed E-state index contributed by atoms with van der Waals surface area (Å²) in [5, 5.41) is 12.3. The highest BCUT2D eigenvalue weighted by atomic mass is 35.5. The molecule has 2 heterocycles. The highest BCUT2D eigenvalue weighted by molar-refractivity contribution is 7.89. The standard InChI is InChI=1S/C21H21Cl2N5O2S/c22-18-7-6-17(14-19(18)23)31(29,30)28-12-10-27(11-13-28)21-9-8-20(25-26-21)24-15-16-4-2-1-3-5-16/h1-9,14H,10-13,15H2,(H,24,25). The molecule has 0 aliphatic carbocycles. The molecule has 2 aromatic carbocycles. The minimum Gasteiger partial charge on any atom is -0.365 e. The summed E-state index contributed by atoms with van der Waals surface area (Å²) in [7, 11) is -3.63. The van der Waals surface area contributed by atoms with E-state index in [1.54, 1.807) is 0 Å². The van der Waals surface area contributed by atoms with Crippen molar-refractivity contribution < 1.29 is 8.42 Å². The molecule has 0 atom stereocenters. The molecule has 10 heteroatoms. The Morgan fingerprint density at radius 3 is 2.26 bits per heavy atom. The van der Waals surface area contributed by atoms with E-state index in [4.69, 9.17) is 23.2 Å². The number of hydrogen-bond acceptors (Lipinski definition) is 6. The molecule has 1 fully saturated rings. The Kier molecular flexibility index (Phi) is 6.62. The van der Waals surface area contributed by atoms with Crippen LogP contribution in [0.25, 0.3) is 0 Å². The van der Waals surface area contributed by atoms with Gasteiger partial charge in [0.1, 0.15) is 5.82 Å². The van der Waals surface area contributed by atoms with Gasteiger partial charge in [-0.25, -0.2) is 8.42 Å². The van der Waals surface area contributed by atoms with Crippen LogP contribution in [0.2, 0.25) is 10.0 Å². The number of benzene rings is 2. The summed E-state index contributed by atoms with van der Waals surface area (Å²) in [6.07, 6.45) is 0. The Morgan fingerprint density at radius 2 is 1.61 bits per heavy atom. The van der Waals surface area contributed by atoms with E-state index in [1.807, 2.05) is 47.4 Å². The van der Waals surface area contributed by atoms with Gasteiger partial charge >= 0.3 is 0 Å². The molecule has 3 aromatic rings. The summed E-state index contributed by atoms with van der Waals surface area (Å²) in [4.78, 5) is 2.17. The average molecular weight is 478 g/mol. The molecular formula is C21H21Cl2N5O2S. The molecule has 0 amide bonds. The predicted octanol–water partition coefficient (Wildman–Crippen LogP) is 3.91. The molecule has 1 aromatic heterocycles. The SMILES string of the molecule is O=S(=O)(c1ccc(Cl)c(Cl)c1)N1CCN(c2ccc(NCc3ccccc3)nn2)CC1. The van der Waals surface area contributed by atoms with Gasteiger partial charge in [0, 0.05) is 32.7 Å². The summed E-state index contributed by atoms with van der Waals surface area (Å²) in [6.45, 7) is 2.40. The first-order valence-corrected chi connectivity index (χ1v) is 11.9. The number of piperazine rings is 1. The van der Waals surface area contributed by atoms with Crippen molar-refractivity contribution in [2.24, 2.45) is 0 Å². The van der Waals surface area contributed by atoms with E-state index < -0.39 is 10.0 Å². The molecule has 0 spiro atoms. The third kappa shape index (κ3) is 5.10. The first-order valence-electron chi connectivity index (χ1n) is 9.75. The summed E-state index contributed by atoms with van der Waals surface area (Å²) in [6, 6.07) is 18.2. The van der Waals surface area contributed by atoms with Crippen LogP contribution in [0.3, 0.4) is 0 Å². The molecule has 0 saturated carbocycles. The van der Waals surface area contributed by atoms with Crippen molar-refractivity contribution in [2.45, 2.75) is 11.4 Å². The zero-order valence-corrected chi connectivity index (χ0v) is 18.9. The largest absolute Gasteiger partial charge is 0.365 e. The quantitative estimate of drug-likeness (QED) is 0.579. The van der Waals surface area contributed by atoms with E-state index in [2.05, 4.69) is 15.5 Å². The number of nitrogens with one attached hydrogen (secondary N) is 1. The van der Waals surface area contributed by atoms with Crippen LogP contribution < -0.4 is 10.2 Å². The number of anilines is 2. The Hall–Kier alpha value is -2.39.